The highest BCUT2D eigenvalue weighted by Gasteiger charge is 2.70. The zero-order valence-corrected chi connectivity index (χ0v) is 28.6. The van der Waals surface area contributed by atoms with Crippen LogP contribution in [0.5, 0.6) is 5.75 Å². The third-order valence-corrected chi connectivity index (χ3v) is 11.6. The molecule has 2 saturated heterocycles. The molecule has 4 aromatic rings. The highest BCUT2D eigenvalue weighted by Crippen LogP contribution is 2.64. The van der Waals surface area contributed by atoms with Gasteiger partial charge in [-0.15, -0.1) is 0 Å². The van der Waals surface area contributed by atoms with Crippen LogP contribution in [0.2, 0.25) is 0 Å². The van der Waals surface area contributed by atoms with Gasteiger partial charge in [0.2, 0.25) is 11.8 Å². The van der Waals surface area contributed by atoms with Crippen molar-refractivity contribution < 1.29 is 24.3 Å². The standard InChI is InChI=1S/C40H34BrN3O5/c1-22-8-13-27(14-9-22)42-44-37(47)32-21-31-29(17-18-30-34(31)38(48)43(36(30)46)28-15-11-26(41)12-16-28)35(24-10-19-33(45)23(2)20-24)40(32,39(44)49)25-6-4-3-5-7-25/h3-17,19-20,30-32,34-35,42,45H,18,21H2,1-2H3. The van der Waals surface area contributed by atoms with Crippen LogP contribution in [0.3, 0.4) is 0 Å². The number of hydrazine groups is 1. The van der Waals surface area contributed by atoms with Crippen LogP contribution in [0.15, 0.2) is 113 Å². The molecule has 9 heteroatoms. The van der Waals surface area contributed by atoms with Crippen LogP contribution in [0.25, 0.3) is 0 Å². The summed E-state index contributed by atoms with van der Waals surface area (Å²) in [7, 11) is 0. The molecule has 0 bridgehead atoms. The number of halogens is 1. The Kier molecular flexibility index (Phi) is 7.37. The number of imide groups is 2. The number of phenols is 1. The van der Waals surface area contributed by atoms with Crippen LogP contribution in [0.1, 0.15) is 41.0 Å². The van der Waals surface area contributed by atoms with Gasteiger partial charge in [0.25, 0.3) is 11.8 Å². The first-order chi connectivity index (χ1) is 23.6. The molecule has 6 atom stereocenters. The van der Waals surface area contributed by atoms with Crippen LogP contribution >= 0.6 is 15.9 Å². The number of anilines is 2. The molecule has 0 spiro atoms. The Hall–Kier alpha value is -5.02. The van der Waals surface area contributed by atoms with Gasteiger partial charge in [-0.1, -0.05) is 87.7 Å². The molecule has 0 aromatic heterocycles. The number of hydrogen-bond acceptors (Lipinski definition) is 6. The van der Waals surface area contributed by atoms with Crippen molar-refractivity contribution in [2.75, 3.05) is 10.3 Å². The van der Waals surface area contributed by atoms with E-state index in [2.05, 4.69) is 21.4 Å². The van der Waals surface area contributed by atoms with Crippen LogP contribution in [0.4, 0.5) is 11.4 Å². The van der Waals surface area contributed by atoms with Crippen LogP contribution in [0, 0.1) is 37.5 Å². The SMILES string of the molecule is Cc1ccc(NN2C(=O)C3CC4C(=CCC5C(=O)N(c6ccc(Br)cc6)C(=O)C54)C(c4ccc(O)c(C)c4)C3(c3ccccc3)C2=O)cc1. The van der Waals surface area contributed by atoms with E-state index in [9.17, 15) is 19.5 Å². The first-order valence-electron chi connectivity index (χ1n) is 16.5. The summed E-state index contributed by atoms with van der Waals surface area (Å²) in [5, 5.41) is 11.7. The highest BCUT2D eigenvalue weighted by atomic mass is 79.9. The van der Waals surface area contributed by atoms with E-state index < -0.39 is 35.0 Å². The normalized spacial score (nSPS) is 27.5. The van der Waals surface area contributed by atoms with E-state index in [0.29, 0.717) is 28.9 Å². The van der Waals surface area contributed by atoms with Crippen molar-refractivity contribution in [1.29, 1.82) is 0 Å². The van der Waals surface area contributed by atoms with Gasteiger partial charge in [0.05, 0.1) is 34.5 Å². The molecule has 0 radical (unpaired) electrons. The number of nitrogens with one attached hydrogen (secondary N) is 1. The molecular formula is C40H34BrN3O5. The molecule has 49 heavy (non-hydrogen) atoms. The van der Waals surface area contributed by atoms with Crippen molar-refractivity contribution in [1.82, 2.24) is 5.01 Å². The summed E-state index contributed by atoms with van der Waals surface area (Å²) >= 11 is 3.44. The number of hydrogen-bond donors (Lipinski definition) is 2. The Balaban J connectivity index is 1.32. The Morgan fingerprint density at radius 1 is 0.816 bits per heavy atom. The van der Waals surface area contributed by atoms with E-state index >= 15 is 4.79 Å². The molecule has 246 valence electrons. The lowest BCUT2D eigenvalue weighted by Gasteiger charge is -2.50. The Bertz CT molecular complexity index is 2060. The molecule has 2 heterocycles. The molecule has 4 aromatic carbocycles. The number of phenolic OH excluding ortho intramolecular Hbond substituents is 1. The van der Waals surface area contributed by atoms with Gasteiger partial charge >= 0.3 is 0 Å². The number of carbonyl (C=O) groups excluding carboxylic acids is 4. The molecular weight excluding hydrogens is 682 g/mol. The minimum absolute atomic E-state index is 0.123. The fourth-order valence-electron chi connectivity index (χ4n) is 8.83. The number of amides is 4. The Morgan fingerprint density at radius 2 is 1.53 bits per heavy atom. The Labute approximate surface area is 292 Å². The number of nitrogens with zero attached hydrogens (tertiary/aromatic N) is 2. The zero-order chi connectivity index (χ0) is 34.2. The van der Waals surface area contributed by atoms with Crippen molar-refractivity contribution in [2.24, 2.45) is 23.7 Å². The topological polar surface area (TPSA) is 107 Å². The molecule has 8 rings (SSSR count). The average Bonchev–Trinajstić information content (AvgIpc) is 3.48. The second kappa shape index (κ2) is 11.6. The first-order valence-corrected chi connectivity index (χ1v) is 17.3. The molecule has 6 unspecified atom stereocenters. The molecule has 2 N–H and O–H groups in total. The number of aryl methyl sites for hydroxylation is 2. The quantitative estimate of drug-likeness (QED) is 0.171. The van der Waals surface area contributed by atoms with Crippen LogP contribution in [-0.4, -0.2) is 33.7 Å². The van der Waals surface area contributed by atoms with E-state index in [1.807, 2.05) is 79.7 Å². The maximum Gasteiger partial charge on any atom is 0.260 e. The van der Waals surface area contributed by atoms with Gasteiger partial charge < -0.3 is 5.11 Å². The van der Waals surface area contributed by atoms with Gasteiger partial charge in [0.15, 0.2) is 0 Å². The van der Waals surface area contributed by atoms with Crippen molar-refractivity contribution in [2.45, 2.75) is 38.0 Å². The Morgan fingerprint density at radius 3 is 2.22 bits per heavy atom. The fourth-order valence-corrected chi connectivity index (χ4v) is 9.09. The summed E-state index contributed by atoms with van der Waals surface area (Å²) < 4.78 is 0.835. The molecule has 4 aliphatic rings. The lowest BCUT2D eigenvalue weighted by Crippen LogP contribution is -2.53. The number of allylic oxidation sites excluding steroid dienone is 2. The summed E-state index contributed by atoms with van der Waals surface area (Å²) in [6, 6.07) is 29.4. The minimum Gasteiger partial charge on any atom is -0.508 e. The molecule has 8 nitrogen and oxygen atoms in total. The summed E-state index contributed by atoms with van der Waals surface area (Å²) in [6.45, 7) is 3.77. The van der Waals surface area contributed by atoms with E-state index in [0.717, 1.165) is 26.2 Å². The third kappa shape index (κ3) is 4.62. The average molecular weight is 717 g/mol. The predicted octanol–water partition coefficient (Wildman–Crippen LogP) is 6.96. The van der Waals surface area contributed by atoms with Gasteiger partial charge in [-0.25, -0.2) is 0 Å². The number of rotatable bonds is 5. The third-order valence-electron chi connectivity index (χ3n) is 11.0. The minimum atomic E-state index is -1.36. The van der Waals surface area contributed by atoms with Gasteiger partial charge in [0.1, 0.15) is 5.75 Å². The van der Waals surface area contributed by atoms with Crippen molar-refractivity contribution in [3.05, 3.63) is 135 Å². The lowest BCUT2D eigenvalue weighted by atomic mass is 9.49. The smallest absolute Gasteiger partial charge is 0.260 e. The van der Waals surface area contributed by atoms with Gasteiger partial charge in [-0.2, -0.15) is 5.01 Å². The number of fused-ring (bicyclic) bond motifs is 4. The monoisotopic (exact) mass is 715 g/mol. The first kappa shape index (κ1) is 31.3. The second-order valence-corrected chi connectivity index (χ2v) is 14.5. The summed E-state index contributed by atoms with van der Waals surface area (Å²) in [4.78, 5) is 59.6. The van der Waals surface area contributed by atoms with E-state index in [4.69, 9.17) is 0 Å². The largest absolute Gasteiger partial charge is 0.508 e. The van der Waals surface area contributed by atoms with Gasteiger partial charge in [-0.3, -0.25) is 29.5 Å². The van der Waals surface area contributed by atoms with Crippen LogP contribution in [-0.2, 0) is 24.6 Å². The van der Waals surface area contributed by atoms with Crippen LogP contribution < -0.4 is 10.3 Å². The molecule has 2 aliphatic heterocycles. The second-order valence-electron chi connectivity index (χ2n) is 13.6. The van der Waals surface area contributed by atoms with E-state index in [1.54, 1.807) is 37.3 Å². The molecule has 1 saturated carbocycles. The maximum atomic E-state index is 15.2. The highest BCUT2D eigenvalue weighted by molar-refractivity contribution is 9.10. The van der Waals surface area contributed by atoms with Gasteiger partial charge in [-0.05, 0) is 91.8 Å². The van der Waals surface area contributed by atoms with Crippen molar-refractivity contribution in [3.63, 3.8) is 0 Å². The van der Waals surface area contributed by atoms with Crippen molar-refractivity contribution in [3.8, 4) is 5.75 Å². The number of carbonyl (C=O) groups is 4. The maximum absolute atomic E-state index is 15.2. The summed E-state index contributed by atoms with van der Waals surface area (Å²) in [5.41, 5.74) is 6.90. The predicted molar refractivity (Wildman–Crippen MR) is 188 cm³/mol. The fraction of sp³-hybridized carbons (Fsp3) is 0.250. The summed E-state index contributed by atoms with van der Waals surface area (Å²) in [6.07, 6.45) is 2.60. The molecule has 4 amide bonds. The lowest BCUT2D eigenvalue weighted by molar-refractivity contribution is -0.138. The number of aromatic hydroxyl groups is 1. The van der Waals surface area contributed by atoms with Crippen molar-refractivity contribution >= 4 is 50.9 Å². The molecule has 3 fully saturated rings. The summed E-state index contributed by atoms with van der Waals surface area (Å²) in [5.74, 6) is -4.39. The number of benzene rings is 4. The van der Waals surface area contributed by atoms with E-state index in [-0.39, 0.29) is 35.8 Å². The zero-order valence-electron chi connectivity index (χ0n) is 27.0. The van der Waals surface area contributed by atoms with Gasteiger partial charge in [0, 0.05) is 10.4 Å². The molecule has 2 aliphatic carbocycles. The van der Waals surface area contributed by atoms with E-state index in [1.165, 1.54) is 4.90 Å².